The van der Waals surface area contributed by atoms with Crippen LogP contribution in [0.2, 0.25) is 0 Å². The minimum Gasteiger partial charge on any atom is -0.482 e. The van der Waals surface area contributed by atoms with Crippen molar-refractivity contribution in [2.24, 2.45) is 11.7 Å². The highest BCUT2D eigenvalue weighted by atomic mass is 79.9. The lowest BCUT2D eigenvalue weighted by Crippen LogP contribution is -2.32. The van der Waals surface area contributed by atoms with Crippen molar-refractivity contribution in [3.8, 4) is 12.3 Å². The number of carbonyl (C=O) groups excluding carboxylic acids is 2. The fourth-order valence-corrected chi connectivity index (χ4v) is 3.55. The molecule has 0 amide bonds. The van der Waals surface area contributed by atoms with Crippen molar-refractivity contribution < 1.29 is 23.8 Å². The second kappa shape index (κ2) is 9.58. The van der Waals surface area contributed by atoms with Gasteiger partial charge in [-0.05, 0) is 37.1 Å². The summed E-state index contributed by atoms with van der Waals surface area (Å²) in [5.41, 5.74) is 7.42. The number of hydrogen-bond acceptors (Lipinski definition) is 6. The summed E-state index contributed by atoms with van der Waals surface area (Å²) in [6.45, 7) is 3.64. The number of benzene rings is 1. The van der Waals surface area contributed by atoms with Crippen LogP contribution in [0.4, 0.5) is 0 Å². The number of esters is 2. The Kier molecular flexibility index (Phi) is 7.45. The number of carbonyl (C=O) groups is 2. The number of hydrogen-bond donors (Lipinski definition) is 1. The topological polar surface area (TPSA) is 87.9 Å². The van der Waals surface area contributed by atoms with Crippen molar-refractivity contribution in [2.45, 2.75) is 26.2 Å². The number of rotatable bonds is 7. The Morgan fingerprint density at radius 1 is 1.33 bits per heavy atom. The zero-order chi connectivity index (χ0) is 20.0. The molecule has 0 saturated heterocycles. The number of ether oxygens (including phenoxy) is 3. The van der Waals surface area contributed by atoms with Gasteiger partial charge in [-0.25, -0.2) is 4.79 Å². The molecule has 0 aliphatic heterocycles. The van der Waals surface area contributed by atoms with Crippen LogP contribution in [0.1, 0.15) is 30.9 Å². The molecule has 0 spiro atoms. The van der Waals surface area contributed by atoms with E-state index in [4.69, 9.17) is 26.4 Å². The third-order valence-electron chi connectivity index (χ3n) is 4.21. The van der Waals surface area contributed by atoms with E-state index in [-0.39, 0.29) is 25.5 Å². The Balaban J connectivity index is 2.69. The van der Waals surface area contributed by atoms with E-state index in [1.165, 1.54) is 0 Å². The van der Waals surface area contributed by atoms with E-state index < -0.39 is 23.8 Å². The van der Waals surface area contributed by atoms with Crippen LogP contribution in [0.25, 0.3) is 0 Å². The maximum atomic E-state index is 12.8. The molecule has 0 saturated carbocycles. The molecule has 1 aliphatic rings. The Bertz CT molecular complexity index is 796. The molecule has 0 radical (unpaired) electrons. The summed E-state index contributed by atoms with van der Waals surface area (Å²) in [4.78, 5) is 25.3. The molecule has 1 aromatic rings. The van der Waals surface area contributed by atoms with Crippen LogP contribution < -0.4 is 5.73 Å². The highest BCUT2D eigenvalue weighted by Gasteiger charge is 2.42. The van der Waals surface area contributed by atoms with Crippen molar-refractivity contribution in [2.75, 3.05) is 19.9 Å². The molecule has 0 heterocycles. The first-order valence-corrected chi connectivity index (χ1v) is 9.41. The zero-order valence-electron chi connectivity index (χ0n) is 15.3. The third-order valence-corrected chi connectivity index (χ3v) is 4.70. The van der Waals surface area contributed by atoms with Gasteiger partial charge >= 0.3 is 11.9 Å². The molecular weight excluding hydrogens is 414 g/mol. The Labute approximate surface area is 167 Å². The molecule has 0 fully saturated rings. The number of nitrogens with two attached hydrogens (primary N) is 1. The lowest BCUT2D eigenvalue weighted by molar-refractivity contribution is -0.146. The monoisotopic (exact) mass is 435 g/mol. The molecule has 7 heteroatoms. The molecule has 1 aromatic carbocycles. The Morgan fingerprint density at radius 2 is 2.04 bits per heavy atom. The summed E-state index contributed by atoms with van der Waals surface area (Å²) in [5.74, 6) is -0.0695. The lowest BCUT2D eigenvalue weighted by atomic mass is 9.74. The lowest BCUT2D eigenvalue weighted by Gasteiger charge is -2.32. The molecule has 2 N–H and O–H groups in total. The van der Waals surface area contributed by atoms with Crippen molar-refractivity contribution in [1.29, 1.82) is 0 Å². The van der Waals surface area contributed by atoms with Crippen LogP contribution >= 0.6 is 15.9 Å². The summed E-state index contributed by atoms with van der Waals surface area (Å²) in [6.07, 6.45) is 6.03. The normalized spacial score (nSPS) is 16.8. The number of fused-ring (bicyclic) bond motifs is 1. The average molecular weight is 436 g/mol. The van der Waals surface area contributed by atoms with Gasteiger partial charge in [0.1, 0.15) is 18.4 Å². The summed E-state index contributed by atoms with van der Waals surface area (Å²) in [5, 5.41) is 0. The molecule has 1 aliphatic carbocycles. The van der Waals surface area contributed by atoms with Gasteiger partial charge in [0.25, 0.3) is 0 Å². The van der Waals surface area contributed by atoms with Crippen LogP contribution in [-0.4, -0.2) is 31.9 Å². The van der Waals surface area contributed by atoms with Crippen molar-refractivity contribution in [3.05, 3.63) is 45.1 Å². The van der Waals surface area contributed by atoms with E-state index in [0.29, 0.717) is 12.2 Å². The van der Waals surface area contributed by atoms with Crippen LogP contribution in [0.5, 0.6) is 0 Å². The number of allylic oxidation sites excluding steroid dienone is 1. The first-order valence-electron chi connectivity index (χ1n) is 8.62. The highest BCUT2D eigenvalue weighted by molar-refractivity contribution is 9.10. The van der Waals surface area contributed by atoms with Crippen molar-refractivity contribution in [1.82, 2.24) is 0 Å². The van der Waals surface area contributed by atoms with E-state index in [1.807, 2.05) is 18.2 Å². The Hall–Kier alpha value is -2.30. The number of halogens is 1. The quantitative estimate of drug-likeness (QED) is 0.402. The third kappa shape index (κ3) is 4.52. The average Bonchev–Trinajstić information content (AvgIpc) is 2.63. The molecule has 0 aromatic heterocycles. The van der Waals surface area contributed by atoms with Gasteiger partial charge < -0.3 is 14.2 Å². The molecular formula is C20H22BrNO5. The fraction of sp³-hybridized carbons (Fsp3) is 0.400. The van der Waals surface area contributed by atoms with Crippen LogP contribution in [0.15, 0.2) is 34.0 Å². The molecule has 27 heavy (non-hydrogen) atoms. The SMILES string of the molecule is C#CC(C(=O)OCC)C1C(C(=O)OCC)=C(OCN)Cc2ccc(Br)cc21. The van der Waals surface area contributed by atoms with Crippen molar-refractivity contribution >= 4 is 27.9 Å². The molecule has 2 rings (SSSR count). The van der Waals surface area contributed by atoms with Gasteiger partial charge in [0, 0.05) is 16.8 Å². The van der Waals surface area contributed by atoms with E-state index >= 15 is 0 Å². The summed E-state index contributed by atoms with van der Waals surface area (Å²) < 4.78 is 16.7. The molecule has 2 atom stereocenters. The van der Waals surface area contributed by atoms with E-state index in [0.717, 1.165) is 15.6 Å². The van der Waals surface area contributed by atoms with E-state index in [9.17, 15) is 9.59 Å². The fourth-order valence-electron chi connectivity index (χ4n) is 3.17. The molecule has 6 nitrogen and oxygen atoms in total. The highest BCUT2D eigenvalue weighted by Crippen LogP contribution is 2.43. The van der Waals surface area contributed by atoms with Gasteiger partial charge in [0.15, 0.2) is 0 Å². The predicted octanol–water partition coefficient (Wildman–Crippen LogP) is 2.65. The van der Waals surface area contributed by atoms with Gasteiger partial charge in [-0.3, -0.25) is 10.5 Å². The molecule has 2 unspecified atom stereocenters. The minimum absolute atomic E-state index is 0.114. The maximum absolute atomic E-state index is 12.8. The van der Waals surface area contributed by atoms with Gasteiger partial charge in [-0.1, -0.05) is 27.9 Å². The number of terminal acetylenes is 1. The van der Waals surface area contributed by atoms with Gasteiger partial charge in [-0.2, -0.15) is 0 Å². The van der Waals surface area contributed by atoms with Gasteiger partial charge in [-0.15, -0.1) is 6.42 Å². The Morgan fingerprint density at radius 3 is 2.63 bits per heavy atom. The minimum atomic E-state index is -1.01. The van der Waals surface area contributed by atoms with Crippen molar-refractivity contribution in [3.63, 3.8) is 0 Å². The second-order valence-corrected chi connectivity index (χ2v) is 6.68. The maximum Gasteiger partial charge on any atom is 0.338 e. The van der Waals surface area contributed by atoms with E-state index in [1.54, 1.807) is 13.8 Å². The smallest absolute Gasteiger partial charge is 0.338 e. The van der Waals surface area contributed by atoms with Gasteiger partial charge in [0.05, 0.1) is 18.8 Å². The zero-order valence-corrected chi connectivity index (χ0v) is 16.9. The van der Waals surface area contributed by atoms with Crippen LogP contribution in [0.3, 0.4) is 0 Å². The summed E-state index contributed by atoms with van der Waals surface area (Å²) >= 11 is 3.44. The largest absolute Gasteiger partial charge is 0.482 e. The second-order valence-electron chi connectivity index (χ2n) is 5.76. The summed E-state index contributed by atoms with van der Waals surface area (Å²) in [6, 6.07) is 5.62. The van der Waals surface area contributed by atoms with Gasteiger partial charge in [0.2, 0.25) is 0 Å². The first-order chi connectivity index (χ1) is 13.0. The molecule has 144 valence electrons. The van der Waals surface area contributed by atoms with Crippen LogP contribution in [0, 0.1) is 18.3 Å². The van der Waals surface area contributed by atoms with E-state index in [2.05, 4.69) is 21.9 Å². The summed E-state index contributed by atoms with van der Waals surface area (Å²) in [7, 11) is 0. The standard InChI is InChI=1S/C20H22BrNO5/c1-4-14(19(23)25-5-2)17-15-10-13(21)8-7-12(15)9-16(27-11-22)18(17)20(24)26-6-3/h1,7-8,10,14,17H,5-6,9,11,22H2,2-3H3. The van der Waals surface area contributed by atoms with Crippen LogP contribution in [-0.2, 0) is 30.2 Å². The predicted molar refractivity (Wildman–Crippen MR) is 103 cm³/mol. The first kappa shape index (κ1) is 21.0. The molecule has 0 bridgehead atoms.